The zero-order valence-corrected chi connectivity index (χ0v) is 6.71. The quantitative estimate of drug-likeness (QED) is 0.606. The van der Waals surface area contributed by atoms with Gasteiger partial charge in [0, 0.05) is 9.50 Å². The van der Waals surface area contributed by atoms with Gasteiger partial charge in [0.05, 0.1) is 0 Å². The first-order valence-corrected chi connectivity index (χ1v) is 3.47. The van der Waals surface area contributed by atoms with Crippen LogP contribution in [0.25, 0.3) is 0 Å². The molecule has 52 valence electrons. The van der Waals surface area contributed by atoms with E-state index in [-0.39, 0.29) is 28.9 Å². The summed E-state index contributed by atoms with van der Waals surface area (Å²) in [5, 5.41) is 0.405. The van der Waals surface area contributed by atoms with E-state index in [0.29, 0.717) is 9.50 Å². The Hall–Kier alpha value is 0.686. The van der Waals surface area contributed by atoms with Gasteiger partial charge in [-0.05, 0) is 18.2 Å². The van der Waals surface area contributed by atoms with Crippen LogP contribution in [0.3, 0.4) is 0 Å². The Kier molecular flexibility index (Phi) is 4.85. The molecule has 0 aliphatic carbocycles. The van der Waals surface area contributed by atoms with Crippen LogP contribution < -0.4 is 0 Å². The van der Waals surface area contributed by atoms with E-state index in [1.165, 1.54) is 12.1 Å². The van der Waals surface area contributed by atoms with Gasteiger partial charge in [0.1, 0.15) is 5.82 Å². The zero-order chi connectivity index (χ0) is 6.85. The minimum atomic E-state index is -0.325. The van der Waals surface area contributed by atoms with Gasteiger partial charge in [-0.2, -0.15) is 0 Å². The summed E-state index contributed by atoms with van der Waals surface area (Å²) in [7, 11) is 0. The van der Waals surface area contributed by atoms with E-state index in [1.54, 1.807) is 6.07 Å². The van der Waals surface area contributed by atoms with E-state index in [1.807, 2.05) is 0 Å². The molecule has 0 fully saturated rings. The maximum absolute atomic E-state index is 12.3. The molecule has 0 N–H and O–H groups in total. The molecule has 1 aromatic carbocycles. The van der Waals surface area contributed by atoms with E-state index < -0.39 is 0 Å². The number of rotatable bonds is 0. The Morgan fingerprint density at radius 2 is 1.90 bits per heavy atom. The Labute approximate surface area is 88.0 Å². The van der Waals surface area contributed by atoms with Crippen molar-refractivity contribution in [3.05, 3.63) is 33.5 Å². The SMILES string of the molecule is Fc1cc(Cl)cc(Br)c1.[MgH2]. The highest BCUT2D eigenvalue weighted by atomic mass is 79.9. The molecule has 10 heavy (non-hydrogen) atoms. The third kappa shape index (κ3) is 3.19. The molecule has 0 unspecified atom stereocenters. The minimum Gasteiger partial charge on any atom is -0.207 e. The monoisotopic (exact) mass is 234 g/mol. The molecule has 4 heteroatoms. The summed E-state index contributed by atoms with van der Waals surface area (Å²) in [4.78, 5) is 0. The van der Waals surface area contributed by atoms with Crippen LogP contribution in [-0.2, 0) is 0 Å². The zero-order valence-electron chi connectivity index (χ0n) is 4.37. The second kappa shape index (κ2) is 4.54. The number of hydrogen-bond donors (Lipinski definition) is 0. The van der Waals surface area contributed by atoms with Crippen molar-refractivity contribution in [1.29, 1.82) is 0 Å². The summed E-state index contributed by atoms with van der Waals surface area (Å²) in [6.07, 6.45) is 0. The van der Waals surface area contributed by atoms with Crippen LogP contribution in [0.2, 0.25) is 5.02 Å². The van der Waals surface area contributed by atoms with Crippen molar-refractivity contribution in [2.45, 2.75) is 0 Å². The van der Waals surface area contributed by atoms with Gasteiger partial charge in [-0.25, -0.2) is 4.39 Å². The fourth-order valence-corrected chi connectivity index (χ4v) is 1.34. The number of halogens is 3. The summed E-state index contributed by atoms with van der Waals surface area (Å²) in [6.45, 7) is 0. The Balaban J connectivity index is 0.000000810. The smallest absolute Gasteiger partial charge is 0.207 e. The van der Waals surface area contributed by atoms with E-state index in [2.05, 4.69) is 15.9 Å². The molecule has 0 heterocycles. The van der Waals surface area contributed by atoms with Crippen LogP contribution in [-0.4, -0.2) is 23.1 Å². The summed E-state index contributed by atoms with van der Waals surface area (Å²) < 4.78 is 13.0. The fourth-order valence-electron chi connectivity index (χ4n) is 0.520. The molecule has 1 aromatic rings. The predicted octanol–water partition coefficient (Wildman–Crippen LogP) is 2.33. The molecule has 0 saturated carbocycles. The second-order valence-corrected chi connectivity index (χ2v) is 2.94. The van der Waals surface area contributed by atoms with Crippen LogP contribution in [0.4, 0.5) is 4.39 Å². The number of hydrogen-bond acceptors (Lipinski definition) is 0. The summed E-state index contributed by atoms with van der Waals surface area (Å²) in [6, 6.07) is 4.24. The first-order valence-electron chi connectivity index (χ1n) is 2.30. The van der Waals surface area contributed by atoms with Gasteiger partial charge < -0.3 is 0 Å². The lowest BCUT2D eigenvalue weighted by Gasteiger charge is -1.90. The highest BCUT2D eigenvalue weighted by Crippen LogP contribution is 2.17. The third-order valence-electron chi connectivity index (χ3n) is 0.827. The highest BCUT2D eigenvalue weighted by molar-refractivity contribution is 9.10. The highest BCUT2D eigenvalue weighted by Gasteiger charge is 1.93. The molecule has 1 rings (SSSR count). The van der Waals surface area contributed by atoms with E-state index in [4.69, 9.17) is 11.6 Å². The van der Waals surface area contributed by atoms with Crippen LogP contribution in [0.15, 0.2) is 22.7 Å². The maximum Gasteiger partial charge on any atom is 0.316 e. The maximum atomic E-state index is 12.3. The van der Waals surface area contributed by atoms with Crippen molar-refractivity contribution in [2.75, 3.05) is 0 Å². The Bertz CT molecular complexity index is 179. The molecule has 0 bridgehead atoms. The van der Waals surface area contributed by atoms with E-state index in [9.17, 15) is 4.39 Å². The molecule has 0 spiro atoms. The standard InChI is InChI=1S/C6H3BrClF.Mg.2H/c7-4-1-5(8)3-6(9)2-4;;;/h1-3H;;;. The van der Waals surface area contributed by atoms with Crippen molar-refractivity contribution in [1.82, 2.24) is 0 Å². The van der Waals surface area contributed by atoms with Crippen molar-refractivity contribution in [3.8, 4) is 0 Å². The van der Waals surface area contributed by atoms with Crippen molar-refractivity contribution in [3.63, 3.8) is 0 Å². The first-order chi connectivity index (χ1) is 4.18. The molecular formula is C6H5BrClFMg. The van der Waals surface area contributed by atoms with Crippen molar-refractivity contribution >= 4 is 50.6 Å². The van der Waals surface area contributed by atoms with Gasteiger partial charge in [-0.3, -0.25) is 0 Å². The third-order valence-corrected chi connectivity index (χ3v) is 1.50. The van der Waals surface area contributed by atoms with Crippen molar-refractivity contribution < 1.29 is 4.39 Å². The van der Waals surface area contributed by atoms with Gasteiger partial charge in [0.15, 0.2) is 0 Å². The summed E-state index contributed by atoms with van der Waals surface area (Å²) in [5.74, 6) is -0.325. The molecule has 0 amide bonds. The lowest BCUT2D eigenvalue weighted by Crippen LogP contribution is -1.72. The molecule has 0 aliphatic rings. The van der Waals surface area contributed by atoms with Crippen LogP contribution in [0, 0.1) is 5.82 Å². The van der Waals surface area contributed by atoms with Crippen LogP contribution in [0.1, 0.15) is 0 Å². The average molecular weight is 236 g/mol. The Morgan fingerprint density at radius 1 is 1.30 bits per heavy atom. The largest absolute Gasteiger partial charge is 0.316 e. The van der Waals surface area contributed by atoms with Crippen LogP contribution in [0.5, 0.6) is 0 Å². The molecule has 0 aliphatic heterocycles. The van der Waals surface area contributed by atoms with Gasteiger partial charge in [0.25, 0.3) is 0 Å². The predicted molar refractivity (Wildman–Crippen MR) is 47.7 cm³/mol. The molecule has 0 atom stereocenters. The van der Waals surface area contributed by atoms with Gasteiger partial charge in [0.2, 0.25) is 0 Å². The Morgan fingerprint density at radius 3 is 2.30 bits per heavy atom. The minimum absolute atomic E-state index is 0. The van der Waals surface area contributed by atoms with Gasteiger partial charge >= 0.3 is 23.1 Å². The molecular weight excluding hydrogens is 231 g/mol. The number of benzene rings is 1. The van der Waals surface area contributed by atoms with Crippen molar-refractivity contribution in [2.24, 2.45) is 0 Å². The fraction of sp³-hybridized carbons (Fsp3) is 0. The van der Waals surface area contributed by atoms with Crippen LogP contribution >= 0.6 is 27.5 Å². The molecule has 0 saturated heterocycles. The summed E-state index contributed by atoms with van der Waals surface area (Å²) >= 11 is 8.57. The van der Waals surface area contributed by atoms with Gasteiger partial charge in [-0.1, -0.05) is 27.5 Å². The average Bonchev–Trinajstić information content (AvgIpc) is 1.59. The topological polar surface area (TPSA) is 0 Å². The first kappa shape index (κ1) is 10.7. The van der Waals surface area contributed by atoms with Gasteiger partial charge in [-0.15, -0.1) is 0 Å². The summed E-state index contributed by atoms with van der Waals surface area (Å²) in [5.41, 5.74) is 0. The molecule has 0 nitrogen and oxygen atoms in total. The molecule has 0 radical (unpaired) electrons. The lowest BCUT2D eigenvalue weighted by molar-refractivity contribution is 0.627. The lowest BCUT2D eigenvalue weighted by atomic mass is 10.3. The second-order valence-electron chi connectivity index (χ2n) is 1.59. The normalized spacial score (nSPS) is 8.70. The van der Waals surface area contributed by atoms with E-state index in [0.717, 1.165) is 0 Å². The van der Waals surface area contributed by atoms with E-state index >= 15 is 0 Å². The molecule has 0 aromatic heterocycles.